The molecule has 0 amide bonds. The molecular formula is C53H38N2. The van der Waals surface area contributed by atoms with Crippen molar-refractivity contribution in [1.29, 1.82) is 0 Å². The lowest BCUT2D eigenvalue weighted by Gasteiger charge is -2.22. The first-order valence-corrected chi connectivity index (χ1v) is 19.0. The standard InChI is InChI=1S/C53H38N2/c1-53(2)48-27-13-12-22-44(48)45-31-28-38(33-49(45)53)40-23-14-25-43-42(40)24-15-26-46(43)51-34-50(54-52(55-51)37-20-10-5-11-21-37)39-29-30-41(35-16-6-3-7-17-35)47(32-39)36-18-8-4-9-19-36/h3-34H,1-2H3. The molecule has 0 saturated heterocycles. The van der Waals surface area contributed by atoms with Gasteiger partial charge in [0.1, 0.15) is 0 Å². The van der Waals surface area contributed by atoms with E-state index in [0.717, 1.165) is 33.5 Å². The Kier molecular flexibility index (Phi) is 7.85. The minimum Gasteiger partial charge on any atom is -0.228 e. The first kappa shape index (κ1) is 32.7. The Bertz CT molecular complexity index is 2870. The van der Waals surface area contributed by atoms with Gasteiger partial charge in [-0.3, -0.25) is 0 Å². The Hall–Kier alpha value is -6.90. The van der Waals surface area contributed by atoms with E-state index in [0.29, 0.717) is 5.82 Å². The van der Waals surface area contributed by atoms with Crippen molar-refractivity contribution in [2.75, 3.05) is 0 Å². The SMILES string of the molecule is CC1(C)c2ccccc2-c2ccc(-c3cccc4c(-c5cc(-c6ccc(-c7ccccc7)c(-c7ccccc7)c6)nc(-c6ccccc6)n5)cccc34)cc21. The molecule has 8 aromatic carbocycles. The van der Waals surface area contributed by atoms with E-state index in [1.54, 1.807) is 0 Å². The summed E-state index contributed by atoms with van der Waals surface area (Å²) < 4.78 is 0. The fraction of sp³-hybridized carbons (Fsp3) is 0.0566. The summed E-state index contributed by atoms with van der Waals surface area (Å²) in [5.74, 6) is 0.704. The minimum atomic E-state index is -0.0669. The number of rotatable bonds is 6. The van der Waals surface area contributed by atoms with Gasteiger partial charge in [0.25, 0.3) is 0 Å². The third kappa shape index (κ3) is 5.66. The van der Waals surface area contributed by atoms with Gasteiger partial charge in [-0.15, -0.1) is 0 Å². The quantitative estimate of drug-likeness (QED) is 0.172. The lowest BCUT2D eigenvalue weighted by Crippen LogP contribution is -2.14. The largest absolute Gasteiger partial charge is 0.228 e. The van der Waals surface area contributed by atoms with Crippen LogP contribution in [0.5, 0.6) is 0 Å². The summed E-state index contributed by atoms with van der Waals surface area (Å²) >= 11 is 0. The zero-order valence-corrected chi connectivity index (χ0v) is 30.9. The van der Waals surface area contributed by atoms with Crippen LogP contribution in [0.2, 0.25) is 0 Å². The molecule has 9 aromatic rings. The molecule has 1 aliphatic rings. The van der Waals surface area contributed by atoms with Gasteiger partial charge in [0, 0.05) is 22.1 Å². The van der Waals surface area contributed by atoms with Crippen molar-refractivity contribution >= 4 is 10.8 Å². The summed E-state index contributed by atoms with van der Waals surface area (Å²) in [4.78, 5) is 10.5. The third-order valence-corrected chi connectivity index (χ3v) is 11.3. The fourth-order valence-electron chi connectivity index (χ4n) is 8.54. The molecule has 10 rings (SSSR count). The van der Waals surface area contributed by atoms with Gasteiger partial charge >= 0.3 is 0 Å². The third-order valence-electron chi connectivity index (χ3n) is 11.3. The highest BCUT2D eigenvalue weighted by atomic mass is 14.9. The minimum absolute atomic E-state index is 0.0669. The van der Waals surface area contributed by atoms with Crippen LogP contribution in [0.3, 0.4) is 0 Å². The molecule has 2 nitrogen and oxygen atoms in total. The molecule has 0 spiro atoms. The molecule has 1 aromatic heterocycles. The van der Waals surface area contributed by atoms with E-state index in [9.17, 15) is 0 Å². The van der Waals surface area contributed by atoms with Crippen molar-refractivity contribution in [1.82, 2.24) is 9.97 Å². The first-order valence-electron chi connectivity index (χ1n) is 19.0. The average molecular weight is 703 g/mol. The predicted molar refractivity (Wildman–Crippen MR) is 230 cm³/mol. The molecule has 1 heterocycles. The van der Waals surface area contributed by atoms with E-state index in [1.807, 2.05) is 18.2 Å². The van der Waals surface area contributed by atoms with Crippen LogP contribution in [0, 0.1) is 0 Å². The van der Waals surface area contributed by atoms with Gasteiger partial charge in [-0.1, -0.05) is 190 Å². The Morgan fingerprint density at radius 2 is 0.836 bits per heavy atom. The molecule has 0 unspecified atom stereocenters. The van der Waals surface area contributed by atoms with E-state index in [2.05, 4.69) is 190 Å². The number of benzene rings is 8. The fourth-order valence-corrected chi connectivity index (χ4v) is 8.54. The maximum absolute atomic E-state index is 5.28. The zero-order chi connectivity index (χ0) is 36.9. The maximum atomic E-state index is 5.28. The monoisotopic (exact) mass is 702 g/mol. The summed E-state index contributed by atoms with van der Waals surface area (Å²) in [5, 5.41) is 2.37. The number of aromatic nitrogens is 2. The lowest BCUT2D eigenvalue weighted by atomic mass is 9.81. The van der Waals surface area contributed by atoms with Gasteiger partial charge in [0.2, 0.25) is 0 Å². The smallest absolute Gasteiger partial charge is 0.160 e. The van der Waals surface area contributed by atoms with Gasteiger partial charge in [-0.05, 0) is 84.6 Å². The van der Waals surface area contributed by atoms with E-state index in [1.165, 1.54) is 61.0 Å². The van der Waals surface area contributed by atoms with Crippen LogP contribution in [-0.2, 0) is 5.41 Å². The molecule has 260 valence electrons. The van der Waals surface area contributed by atoms with E-state index in [4.69, 9.17) is 9.97 Å². The van der Waals surface area contributed by atoms with Crippen LogP contribution in [0.25, 0.3) is 89.2 Å². The lowest BCUT2D eigenvalue weighted by molar-refractivity contribution is 0.660. The summed E-state index contributed by atoms with van der Waals surface area (Å²) in [6, 6.07) is 69.6. The second kappa shape index (κ2) is 13.2. The second-order valence-electron chi connectivity index (χ2n) is 15.0. The predicted octanol–water partition coefficient (Wildman–Crippen LogP) is 13.9. The number of hydrogen-bond donors (Lipinski definition) is 0. The van der Waals surface area contributed by atoms with Crippen molar-refractivity contribution in [2.24, 2.45) is 0 Å². The summed E-state index contributed by atoms with van der Waals surface area (Å²) in [6.45, 7) is 4.69. The molecule has 0 aliphatic heterocycles. The summed E-state index contributed by atoms with van der Waals surface area (Å²) in [6.07, 6.45) is 0. The highest BCUT2D eigenvalue weighted by molar-refractivity contribution is 6.05. The maximum Gasteiger partial charge on any atom is 0.160 e. The molecule has 0 fully saturated rings. The number of hydrogen-bond acceptors (Lipinski definition) is 2. The van der Waals surface area contributed by atoms with Crippen LogP contribution < -0.4 is 0 Å². The molecule has 0 atom stereocenters. The molecule has 0 N–H and O–H groups in total. The Morgan fingerprint density at radius 1 is 0.309 bits per heavy atom. The molecule has 0 saturated carbocycles. The van der Waals surface area contributed by atoms with Crippen molar-refractivity contribution in [2.45, 2.75) is 19.3 Å². The van der Waals surface area contributed by atoms with Crippen LogP contribution >= 0.6 is 0 Å². The molecule has 1 aliphatic carbocycles. The number of fused-ring (bicyclic) bond motifs is 4. The molecule has 0 bridgehead atoms. The van der Waals surface area contributed by atoms with Gasteiger partial charge < -0.3 is 0 Å². The normalized spacial score (nSPS) is 12.7. The van der Waals surface area contributed by atoms with E-state index >= 15 is 0 Å². The number of nitrogens with zero attached hydrogens (tertiary/aromatic N) is 2. The Morgan fingerprint density at radius 3 is 1.56 bits per heavy atom. The van der Waals surface area contributed by atoms with Crippen molar-refractivity contribution in [3.8, 4) is 78.4 Å². The summed E-state index contributed by atoms with van der Waals surface area (Å²) in [5.41, 5.74) is 17.4. The highest BCUT2D eigenvalue weighted by Crippen LogP contribution is 2.50. The second-order valence-corrected chi connectivity index (χ2v) is 15.0. The van der Waals surface area contributed by atoms with Crippen molar-refractivity contribution < 1.29 is 0 Å². The van der Waals surface area contributed by atoms with Crippen molar-refractivity contribution in [3.63, 3.8) is 0 Å². The van der Waals surface area contributed by atoms with Crippen LogP contribution in [-0.4, -0.2) is 9.97 Å². The summed E-state index contributed by atoms with van der Waals surface area (Å²) in [7, 11) is 0. The Labute approximate surface area is 322 Å². The zero-order valence-electron chi connectivity index (χ0n) is 30.9. The Balaban J connectivity index is 1.14. The van der Waals surface area contributed by atoms with E-state index < -0.39 is 0 Å². The van der Waals surface area contributed by atoms with Crippen LogP contribution in [0.15, 0.2) is 194 Å². The van der Waals surface area contributed by atoms with Crippen LogP contribution in [0.4, 0.5) is 0 Å². The van der Waals surface area contributed by atoms with Crippen molar-refractivity contribution in [3.05, 3.63) is 205 Å². The van der Waals surface area contributed by atoms with Gasteiger partial charge in [0.05, 0.1) is 11.4 Å². The average Bonchev–Trinajstić information content (AvgIpc) is 3.49. The first-order chi connectivity index (χ1) is 27.0. The molecular weight excluding hydrogens is 665 g/mol. The van der Waals surface area contributed by atoms with Gasteiger partial charge in [-0.2, -0.15) is 0 Å². The van der Waals surface area contributed by atoms with Gasteiger partial charge in [-0.25, -0.2) is 9.97 Å². The highest BCUT2D eigenvalue weighted by Gasteiger charge is 2.35. The van der Waals surface area contributed by atoms with Gasteiger partial charge in [0.15, 0.2) is 5.82 Å². The molecule has 2 heteroatoms. The topological polar surface area (TPSA) is 25.8 Å². The van der Waals surface area contributed by atoms with Crippen LogP contribution in [0.1, 0.15) is 25.0 Å². The molecule has 0 radical (unpaired) electrons. The molecule has 55 heavy (non-hydrogen) atoms. The van der Waals surface area contributed by atoms with E-state index in [-0.39, 0.29) is 5.41 Å².